The first-order valence-corrected chi connectivity index (χ1v) is 9.22. The molecular weight excluding hydrogens is 306 g/mol. The highest BCUT2D eigenvalue weighted by Gasteiger charge is 2.31. The highest BCUT2D eigenvalue weighted by Crippen LogP contribution is 2.37. The molecule has 2 aliphatic heterocycles. The molecule has 2 aliphatic rings. The third-order valence-corrected chi connectivity index (χ3v) is 5.95. The molecule has 3 heterocycles. The molecule has 4 heteroatoms. The number of amides is 1. The average Bonchev–Trinajstić information content (AvgIpc) is 3.35. The van der Waals surface area contributed by atoms with E-state index in [1.54, 1.807) is 11.3 Å². The molecule has 0 radical (unpaired) electrons. The number of nitrogens with zero attached hydrogens (tertiary/aromatic N) is 1. The first-order valence-electron chi connectivity index (χ1n) is 8.40. The Hall–Kier alpha value is -1.65. The summed E-state index contributed by atoms with van der Waals surface area (Å²) in [5.74, 6) is 0.172. The molecule has 3 nitrogen and oxygen atoms in total. The first-order chi connectivity index (χ1) is 11.3. The molecule has 0 saturated carbocycles. The van der Waals surface area contributed by atoms with Crippen molar-refractivity contribution < 1.29 is 9.53 Å². The van der Waals surface area contributed by atoms with Crippen LogP contribution in [0.4, 0.5) is 0 Å². The van der Waals surface area contributed by atoms with Gasteiger partial charge in [0.15, 0.2) is 0 Å². The summed E-state index contributed by atoms with van der Waals surface area (Å²) in [5.41, 5.74) is 1.24. The van der Waals surface area contributed by atoms with Crippen molar-refractivity contribution in [3.8, 4) is 0 Å². The number of carbonyl (C=O) groups excluding carboxylic acids is 1. The molecule has 4 rings (SSSR count). The third-order valence-electron chi connectivity index (χ3n) is 4.78. The van der Waals surface area contributed by atoms with E-state index in [-0.39, 0.29) is 18.1 Å². The van der Waals surface area contributed by atoms with Gasteiger partial charge in [0.05, 0.1) is 17.0 Å². The fourth-order valence-electron chi connectivity index (χ4n) is 3.62. The summed E-state index contributed by atoms with van der Waals surface area (Å²) in [4.78, 5) is 17.0. The van der Waals surface area contributed by atoms with Crippen molar-refractivity contribution >= 4 is 17.2 Å². The lowest BCUT2D eigenvalue weighted by Crippen LogP contribution is -2.29. The molecule has 0 unspecified atom stereocenters. The number of rotatable bonds is 3. The Balaban J connectivity index is 1.54. The standard InChI is InChI=1S/C19H21NO2S/c21-19(18-11-10-17(23-18)16-9-5-13-22-16)20-12-4-8-15(20)14-6-2-1-3-7-14/h1-3,6-7,10-11,15-16H,4-5,8-9,12-13H2/t15-,16+/m1/s1. The summed E-state index contributed by atoms with van der Waals surface area (Å²) in [6.07, 6.45) is 4.53. The molecule has 2 fully saturated rings. The fourth-order valence-corrected chi connectivity index (χ4v) is 4.66. The number of benzene rings is 1. The molecule has 2 saturated heterocycles. The largest absolute Gasteiger partial charge is 0.373 e. The van der Waals surface area contributed by atoms with Gasteiger partial charge in [-0.25, -0.2) is 0 Å². The van der Waals surface area contributed by atoms with Crippen LogP contribution in [0.5, 0.6) is 0 Å². The molecule has 0 aliphatic carbocycles. The zero-order valence-electron chi connectivity index (χ0n) is 13.1. The normalized spacial score (nSPS) is 24.3. The Morgan fingerprint density at radius 3 is 2.74 bits per heavy atom. The van der Waals surface area contributed by atoms with Crippen molar-refractivity contribution in [1.29, 1.82) is 0 Å². The van der Waals surface area contributed by atoms with Crippen LogP contribution in [-0.4, -0.2) is 24.0 Å². The molecular formula is C19H21NO2S. The van der Waals surface area contributed by atoms with Crippen LogP contribution in [0, 0.1) is 0 Å². The number of thiophene rings is 1. The maximum Gasteiger partial charge on any atom is 0.264 e. The van der Waals surface area contributed by atoms with Crippen LogP contribution < -0.4 is 0 Å². The number of likely N-dealkylation sites (tertiary alicyclic amines) is 1. The maximum atomic E-state index is 13.0. The van der Waals surface area contributed by atoms with Gasteiger partial charge in [0.25, 0.3) is 5.91 Å². The minimum absolute atomic E-state index is 0.172. The molecule has 23 heavy (non-hydrogen) atoms. The molecule has 0 spiro atoms. The molecule has 1 amide bonds. The van der Waals surface area contributed by atoms with Crippen LogP contribution in [0.2, 0.25) is 0 Å². The predicted octanol–water partition coefficient (Wildman–Crippen LogP) is 4.58. The SMILES string of the molecule is O=C(c1ccc([C@@H]2CCCO2)s1)N1CCC[C@@H]1c1ccccc1. The first kappa shape index (κ1) is 14.9. The Labute approximate surface area is 140 Å². The van der Waals surface area contributed by atoms with Crippen LogP contribution >= 0.6 is 11.3 Å². The maximum absolute atomic E-state index is 13.0. The summed E-state index contributed by atoms with van der Waals surface area (Å²) >= 11 is 1.61. The van der Waals surface area contributed by atoms with E-state index < -0.39 is 0 Å². The van der Waals surface area contributed by atoms with Crippen molar-refractivity contribution in [2.75, 3.05) is 13.2 Å². The van der Waals surface area contributed by atoms with E-state index in [2.05, 4.69) is 30.3 Å². The smallest absolute Gasteiger partial charge is 0.264 e. The lowest BCUT2D eigenvalue weighted by Gasteiger charge is -2.24. The van der Waals surface area contributed by atoms with Gasteiger partial charge in [-0.15, -0.1) is 11.3 Å². The second-order valence-corrected chi connectivity index (χ2v) is 7.39. The summed E-state index contributed by atoms with van der Waals surface area (Å²) < 4.78 is 5.73. The van der Waals surface area contributed by atoms with Gasteiger partial charge < -0.3 is 9.64 Å². The highest BCUT2D eigenvalue weighted by atomic mass is 32.1. The zero-order valence-corrected chi connectivity index (χ0v) is 13.9. The summed E-state index contributed by atoms with van der Waals surface area (Å²) in [5, 5.41) is 0. The number of hydrogen-bond acceptors (Lipinski definition) is 3. The number of carbonyl (C=O) groups is 1. The predicted molar refractivity (Wildman–Crippen MR) is 91.7 cm³/mol. The monoisotopic (exact) mass is 327 g/mol. The lowest BCUT2D eigenvalue weighted by atomic mass is 10.0. The van der Waals surface area contributed by atoms with Crippen LogP contribution in [0.1, 0.15) is 57.9 Å². The van der Waals surface area contributed by atoms with Crippen molar-refractivity contribution in [3.63, 3.8) is 0 Å². The minimum Gasteiger partial charge on any atom is -0.373 e. The average molecular weight is 327 g/mol. The van der Waals surface area contributed by atoms with Crippen LogP contribution in [0.25, 0.3) is 0 Å². The Morgan fingerprint density at radius 1 is 1.09 bits per heavy atom. The van der Waals surface area contributed by atoms with Crippen molar-refractivity contribution in [1.82, 2.24) is 4.90 Å². The van der Waals surface area contributed by atoms with Gasteiger partial charge in [-0.2, -0.15) is 0 Å². The van der Waals surface area contributed by atoms with Gasteiger partial charge >= 0.3 is 0 Å². The second kappa shape index (κ2) is 6.46. The molecule has 120 valence electrons. The van der Waals surface area contributed by atoms with Crippen LogP contribution in [-0.2, 0) is 4.74 Å². The minimum atomic E-state index is 0.172. The fraction of sp³-hybridized carbons (Fsp3) is 0.421. The number of hydrogen-bond donors (Lipinski definition) is 0. The highest BCUT2D eigenvalue weighted by molar-refractivity contribution is 7.14. The van der Waals surface area contributed by atoms with Crippen molar-refractivity contribution in [2.45, 2.75) is 37.8 Å². The van der Waals surface area contributed by atoms with Crippen molar-refractivity contribution in [3.05, 3.63) is 57.8 Å². The van der Waals surface area contributed by atoms with E-state index in [9.17, 15) is 4.79 Å². The van der Waals surface area contributed by atoms with E-state index in [0.717, 1.165) is 43.7 Å². The number of ether oxygens (including phenoxy) is 1. The van der Waals surface area contributed by atoms with Crippen LogP contribution in [0.3, 0.4) is 0 Å². The van der Waals surface area contributed by atoms with Gasteiger partial charge in [0, 0.05) is 18.0 Å². The molecule has 0 N–H and O–H groups in total. The summed E-state index contributed by atoms with van der Waals surface area (Å²) in [6.45, 7) is 1.69. The Bertz CT molecular complexity index is 676. The molecule has 1 aromatic carbocycles. The van der Waals surface area contributed by atoms with Gasteiger partial charge in [0.1, 0.15) is 0 Å². The van der Waals surface area contributed by atoms with E-state index in [4.69, 9.17) is 4.74 Å². The summed E-state index contributed by atoms with van der Waals surface area (Å²) in [6, 6.07) is 14.7. The van der Waals surface area contributed by atoms with E-state index in [1.807, 2.05) is 17.0 Å². The Kier molecular flexibility index (Phi) is 4.19. The van der Waals surface area contributed by atoms with Crippen LogP contribution in [0.15, 0.2) is 42.5 Å². The topological polar surface area (TPSA) is 29.5 Å². The van der Waals surface area contributed by atoms with Gasteiger partial charge in [-0.05, 0) is 43.4 Å². The molecule has 0 bridgehead atoms. The molecule has 2 aromatic rings. The zero-order chi connectivity index (χ0) is 15.6. The van der Waals surface area contributed by atoms with Gasteiger partial charge in [-0.1, -0.05) is 30.3 Å². The van der Waals surface area contributed by atoms with E-state index in [1.165, 1.54) is 10.4 Å². The third kappa shape index (κ3) is 2.93. The second-order valence-electron chi connectivity index (χ2n) is 6.27. The van der Waals surface area contributed by atoms with Crippen molar-refractivity contribution in [2.24, 2.45) is 0 Å². The van der Waals surface area contributed by atoms with Gasteiger partial charge in [0.2, 0.25) is 0 Å². The quantitative estimate of drug-likeness (QED) is 0.826. The van der Waals surface area contributed by atoms with E-state index in [0.29, 0.717) is 0 Å². The lowest BCUT2D eigenvalue weighted by molar-refractivity contribution is 0.0740. The van der Waals surface area contributed by atoms with E-state index >= 15 is 0 Å². The summed E-state index contributed by atoms with van der Waals surface area (Å²) in [7, 11) is 0. The van der Waals surface area contributed by atoms with Gasteiger partial charge in [-0.3, -0.25) is 4.79 Å². The molecule has 1 aromatic heterocycles. The Morgan fingerprint density at radius 2 is 1.96 bits per heavy atom. The molecule has 2 atom stereocenters.